The molecule has 1 aliphatic rings. The molecule has 3 heterocycles. The lowest BCUT2D eigenvalue weighted by molar-refractivity contribution is 0.369. The summed E-state index contributed by atoms with van der Waals surface area (Å²) >= 11 is 0. The summed E-state index contributed by atoms with van der Waals surface area (Å²) in [5.41, 5.74) is 2.83. The number of hydrogen-bond acceptors (Lipinski definition) is 3. The van der Waals surface area contributed by atoms with E-state index in [0.29, 0.717) is 5.39 Å². The van der Waals surface area contributed by atoms with Gasteiger partial charge in [-0.1, -0.05) is 6.08 Å². The summed E-state index contributed by atoms with van der Waals surface area (Å²) < 4.78 is 0. The van der Waals surface area contributed by atoms with Gasteiger partial charge in [0.1, 0.15) is 0 Å². The van der Waals surface area contributed by atoms with Crippen molar-refractivity contribution in [2.75, 3.05) is 20.1 Å². The largest absolute Gasteiger partial charge is 0.322 e. The Balaban J connectivity index is 2.09. The van der Waals surface area contributed by atoms with Gasteiger partial charge in [-0.15, -0.1) is 0 Å². The molecule has 0 radical (unpaired) electrons. The third-order valence-electron chi connectivity index (χ3n) is 3.21. The highest BCUT2D eigenvalue weighted by atomic mass is 16.1. The minimum absolute atomic E-state index is 0.0777. The molecule has 0 aromatic carbocycles. The molecule has 0 saturated heterocycles. The zero-order valence-corrected chi connectivity index (χ0v) is 9.66. The fraction of sp³-hybridized carbons (Fsp3) is 0.333. The van der Waals surface area contributed by atoms with Crippen LogP contribution in [0.1, 0.15) is 12.1 Å². The number of rotatable bonds is 1. The van der Waals surface area contributed by atoms with E-state index in [0.717, 1.165) is 30.7 Å². The van der Waals surface area contributed by atoms with Crippen LogP contribution in [0, 0.1) is 0 Å². The number of fused-ring (bicyclic) bond motifs is 1. The van der Waals surface area contributed by atoms with Crippen molar-refractivity contribution < 1.29 is 0 Å². The van der Waals surface area contributed by atoms with Crippen LogP contribution in [0.5, 0.6) is 0 Å². The first kappa shape index (κ1) is 10.3. The van der Waals surface area contributed by atoms with Crippen LogP contribution >= 0.6 is 0 Å². The summed E-state index contributed by atoms with van der Waals surface area (Å²) in [6, 6.07) is 1.96. The Morgan fingerprint density at radius 1 is 1.47 bits per heavy atom. The molecule has 3 rings (SSSR count). The van der Waals surface area contributed by atoms with E-state index < -0.39 is 0 Å². The van der Waals surface area contributed by atoms with Crippen molar-refractivity contribution in [3.63, 3.8) is 0 Å². The van der Waals surface area contributed by atoms with E-state index in [1.807, 2.05) is 6.07 Å². The molecule has 0 fully saturated rings. The molecule has 88 valence electrons. The summed E-state index contributed by atoms with van der Waals surface area (Å²) in [4.78, 5) is 17.0. The average molecular weight is 230 g/mol. The summed E-state index contributed by atoms with van der Waals surface area (Å²) in [7, 11) is 2.09. The fourth-order valence-corrected chi connectivity index (χ4v) is 2.15. The zero-order valence-electron chi connectivity index (χ0n) is 9.66. The van der Waals surface area contributed by atoms with Gasteiger partial charge in [0.2, 0.25) is 0 Å². The lowest BCUT2D eigenvalue weighted by atomic mass is 10.0. The molecule has 0 atom stereocenters. The second kappa shape index (κ2) is 3.85. The lowest BCUT2D eigenvalue weighted by Crippen LogP contribution is -2.24. The van der Waals surface area contributed by atoms with Crippen LogP contribution in [0.4, 0.5) is 0 Å². The van der Waals surface area contributed by atoms with Crippen LogP contribution in [0.2, 0.25) is 0 Å². The highest BCUT2D eigenvalue weighted by Crippen LogP contribution is 2.20. The third kappa shape index (κ3) is 1.78. The van der Waals surface area contributed by atoms with Crippen molar-refractivity contribution in [2.45, 2.75) is 6.42 Å². The number of nitrogens with one attached hydrogen (secondary N) is 2. The first-order chi connectivity index (χ1) is 8.24. The van der Waals surface area contributed by atoms with Gasteiger partial charge in [-0.2, -0.15) is 5.10 Å². The summed E-state index contributed by atoms with van der Waals surface area (Å²) in [6.07, 6.45) is 4.68. The van der Waals surface area contributed by atoms with E-state index in [1.165, 1.54) is 5.57 Å². The van der Waals surface area contributed by atoms with E-state index >= 15 is 0 Å². The number of likely N-dealkylation sites (N-methyl/N-ethyl adjacent to an activating group) is 1. The van der Waals surface area contributed by atoms with Gasteiger partial charge in [0.25, 0.3) is 5.56 Å². The maximum Gasteiger partial charge on any atom is 0.259 e. The Bertz CT molecular complexity index is 637. The molecule has 0 aliphatic carbocycles. The van der Waals surface area contributed by atoms with Crippen LogP contribution in [0.3, 0.4) is 0 Å². The first-order valence-electron chi connectivity index (χ1n) is 5.68. The topological polar surface area (TPSA) is 64.8 Å². The molecule has 17 heavy (non-hydrogen) atoms. The van der Waals surface area contributed by atoms with E-state index in [-0.39, 0.29) is 5.56 Å². The molecule has 0 bridgehead atoms. The highest BCUT2D eigenvalue weighted by Gasteiger charge is 2.12. The van der Waals surface area contributed by atoms with Crippen molar-refractivity contribution in [3.8, 4) is 0 Å². The summed E-state index contributed by atoms with van der Waals surface area (Å²) in [5.74, 6) is 0. The molecule has 5 nitrogen and oxygen atoms in total. The highest BCUT2D eigenvalue weighted by molar-refractivity contribution is 5.80. The summed E-state index contributed by atoms with van der Waals surface area (Å²) in [5, 5.41) is 7.34. The Labute approximate surface area is 98.1 Å². The number of pyridine rings is 1. The lowest BCUT2D eigenvalue weighted by Gasteiger charge is -2.21. The molecule has 0 amide bonds. The van der Waals surface area contributed by atoms with Gasteiger partial charge in [-0.05, 0) is 25.1 Å². The van der Waals surface area contributed by atoms with Crippen LogP contribution in [0.25, 0.3) is 16.5 Å². The van der Waals surface area contributed by atoms with Gasteiger partial charge in [0.05, 0.1) is 17.1 Å². The number of aromatic nitrogens is 3. The molecule has 0 unspecified atom stereocenters. The van der Waals surface area contributed by atoms with Gasteiger partial charge >= 0.3 is 0 Å². The Hall–Kier alpha value is -1.88. The van der Waals surface area contributed by atoms with Gasteiger partial charge in [0.15, 0.2) is 0 Å². The van der Waals surface area contributed by atoms with Crippen LogP contribution in [-0.2, 0) is 0 Å². The smallest absolute Gasteiger partial charge is 0.259 e. The predicted molar refractivity (Wildman–Crippen MR) is 66.8 cm³/mol. The number of H-pyrrole nitrogens is 2. The van der Waals surface area contributed by atoms with Crippen molar-refractivity contribution in [1.29, 1.82) is 0 Å². The Morgan fingerprint density at radius 3 is 3.12 bits per heavy atom. The molecule has 0 spiro atoms. The van der Waals surface area contributed by atoms with Gasteiger partial charge in [0, 0.05) is 18.8 Å². The van der Waals surface area contributed by atoms with Crippen LogP contribution in [0.15, 0.2) is 23.1 Å². The molecule has 2 aromatic heterocycles. The SMILES string of the molecule is CN1CC=C(c2cc3[nH]ncc3c(=O)[nH]2)CC1. The van der Waals surface area contributed by atoms with E-state index in [4.69, 9.17) is 0 Å². The van der Waals surface area contributed by atoms with E-state index in [1.54, 1.807) is 6.20 Å². The second-order valence-electron chi connectivity index (χ2n) is 4.45. The molecule has 5 heteroatoms. The van der Waals surface area contributed by atoms with E-state index in [9.17, 15) is 4.79 Å². The van der Waals surface area contributed by atoms with Crippen molar-refractivity contribution in [1.82, 2.24) is 20.1 Å². The van der Waals surface area contributed by atoms with Crippen molar-refractivity contribution in [2.24, 2.45) is 0 Å². The van der Waals surface area contributed by atoms with Gasteiger partial charge < -0.3 is 9.88 Å². The predicted octanol–water partition coefficient (Wildman–Crippen LogP) is 0.970. The van der Waals surface area contributed by atoms with Crippen molar-refractivity contribution in [3.05, 3.63) is 34.4 Å². The Kier molecular flexibility index (Phi) is 2.33. The number of hydrogen-bond donors (Lipinski definition) is 2. The van der Waals surface area contributed by atoms with Crippen LogP contribution in [-0.4, -0.2) is 40.2 Å². The standard InChI is InChI=1S/C12H14N4O/c1-16-4-2-8(3-5-16)10-6-11-9(7-13-15-11)12(17)14-10/h2,6-7H,3-5H2,1H3,(H,13,15)(H,14,17). The first-order valence-corrected chi connectivity index (χ1v) is 5.68. The molecule has 2 aromatic rings. The van der Waals surface area contributed by atoms with Crippen molar-refractivity contribution >= 4 is 16.5 Å². The van der Waals surface area contributed by atoms with Gasteiger partial charge in [-0.3, -0.25) is 9.89 Å². The van der Waals surface area contributed by atoms with E-state index in [2.05, 4.69) is 33.2 Å². The quantitative estimate of drug-likeness (QED) is 0.767. The maximum atomic E-state index is 11.8. The molecular formula is C12H14N4O. The number of nitrogens with zero attached hydrogens (tertiary/aromatic N) is 2. The average Bonchev–Trinajstić information content (AvgIpc) is 2.78. The monoisotopic (exact) mass is 230 g/mol. The zero-order chi connectivity index (χ0) is 11.8. The molecule has 1 aliphatic heterocycles. The third-order valence-corrected chi connectivity index (χ3v) is 3.21. The summed E-state index contributed by atoms with van der Waals surface area (Å²) in [6.45, 7) is 1.95. The maximum absolute atomic E-state index is 11.8. The Morgan fingerprint density at radius 2 is 2.35 bits per heavy atom. The van der Waals surface area contributed by atoms with Gasteiger partial charge in [-0.25, -0.2) is 0 Å². The minimum atomic E-state index is -0.0777. The fourth-order valence-electron chi connectivity index (χ4n) is 2.15. The minimum Gasteiger partial charge on any atom is -0.322 e. The molecular weight excluding hydrogens is 216 g/mol. The molecule has 0 saturated carbocycles. The van der Waals surface area contributed by atoms with Crippen LogP contribution < -0.4 is 5.56 Å². The number of aromatic amines is 2. The molecule has 2 N–H and O–H groups in total. The normalized spacial score (nSPS) is 17.4. The second-order valence-corrected chi connectivity index (χ2v) is 4.45.